The van der Waals surface area contributed by atoms with E-state index < -0.39 is 5.41 Å². The van der Waals surface area contributed by atoms with Crippen LogP contribution < -0.4 is 4.90 Å². The predicted octanol–water partition coefficient (Wildman–Crippen LogP) is 14.7. The first-order valence-electron chi connectivity index (χ1n) is 21.2. The van der Waals surface area contributed by atoms with Gasteiger partial charge in [0, 0.05) is 16.9 Å². The molecule has 0 spiro atoms. The van der Waals surface area contributed by atoms with Crippen molar-refractivity contribution in [2.45, 2.75) is 89.4 Å². The van der Waals surface area contributed by atoms with Gasteiger partial charge in [-0.2, -0.15) is 0 Å². The molecule has 0 radical (unpaired) electrons. The molecule has 3 aliphatic carbocycles. The first kappa shape index (κ1) is 35.7. The zero-order valence-corrected chi connectivity index (χ0v) is 34.2. The first-order valence-corrected chi connectivity index (χ1v) is 21.2. The number of nitrogens with zero attached hydrogens (tertiary/aromatic N) is 1. The van der Waals surface area contributed by atoms with Gasteiger partial charge in [-0.25, -0.2) is 0 Å². The molecule has 0 amide bonds. The van der Waals surface area contributed by atoms with Crippen molar-refractivity contribution in [1.82, 2.24) is 0 Å². The Kier molecular flexibility index (Phi) is 8.45. The molecule has 1 nitrogen and oxygen atoms in total. The number of aryl methyl sites for hydroxylation is 2. The maximum absolute atomic E-state index is 2.59. The van der Waals surface area contributed by atoms with Crippen LogP contribution >= 0.6 is 0 Å². The van der Waals surface area contributed by atoms with Gasteiger partial charge < -0.3 is 4.90 Å². The Labute approximate surface area is 340 Å². The van der Waals surface area contributed by atoms with E-state index >= 15 is 0 Å². The van der Waals surface area contributed by atoms with Crippen molar-refractivity contribution in [1.29, 1.82) is 0 Å². The van der Waals surface area contributed by atoms with Crippen molar-refractivity contribution in [3.8, 4) is 22.3 Å². The summed E-state index contributed by atoms with van der Waals surface area (Å²) in [6.45, 7) is 12.2. The van der Waals surface area contributed by atoms with Crippen LogP contribution in [0.1, 0.15) is 103 Å². The van der Waals surface area contributed by atoms with E-state index in [0.29, 0.717) is 0 Å². The molecule has 0 unspecified atom stereocenters. The van der Waals surface area contributed by atoms with Gasteiger partial charge in [0.05, 0.1) is 11.1 Å². The number of para-hydroxylation sites is 1. The lowest BCUT2D eigenvalue weighted by Gasteiger charge is -2.43. The Morgan fingerprint density at radius 3 is 1.75 bits per heavy atom. The number of anilines is 3. The third-order valence-corrected chi connectivity index (χ3v) is 14.0. The van der Waals surface area contributed by atoms with Crippen molar-refractivity contribution >= 4 is 17.1 Å². The van der Waals surface area contributed by atoms with Crippen molar-refractivity contribution < 1.29 is 0 Å². The summed E-state index contributed by atoms with van der Waals surface area (Å²) in [5, 5.41) is 0. The van der Waals surface area contributed by atoms with Gasteiger partial charge in [0.1, 0.15) is 0 Å². The van der Waals surface area contributed by atoms with Crippen molar-refractivity contribution in [3.05, 3.63) is 208 Å². The van der Waals surface area contributed by atoms with Crippen LogP contribution in [0.25, 0.3) is 22.3 Å². The Bertz CT molecular complexity index is 2590. The molecule has 7 aromatic rings. The molecule has 10 rings (SSSR count). The summed E-state index contributed by atoms with van der Waals surface area (Å²) in [6, 6.07) is 60.1. The highest BCUT2D eigenvalue weighted by Gasteiger charge is 2.47. The summed E-state index contributed by atoms with van der Waals surface area (Å²) in [6.07, 6.45) is 7.22. The summed E-state index contributed by atoms with van der Waals surface area (Å²) in [4.78, 5) is 2.57. The van der Waals surface area contributed by atoms with Gasteiger partial charge in [-0.3, -0.25) is 0 Å². The zero-order chi connectivity index (χ0) is 38.9. The maximum atomic E-state index is 2.59. The normalized spacial score (nSPS) is 16.9. The maximum Gasteiger partial charge on any atom is 0.0714 e. The van der Waals surface area contributed by atoms with Crippen LogP contribution in [-0.4, -0.2) is 0 Å². The fourth-order valence-electron chi connectivity index (χ4n) is 11.1. The highest BCUT2D eigenvalue weighted by atomic mass is 15.1. The molecule has 7 aromatic carbocycles. The second-order valence-corrected chi connectivity index (χ2v) is 18.2. The summed E-state index contributed by atoms with van der Waals surface area (Å²) in [5.41, 5.74) is 21.3. The van der Waals surface area contributed by atoms with E-state index in [2.05, 4.69) is 197 Å². The van der Waals surface area contributed by atoms with Crippen molar-refractivity contribution in [2.75, 3.05) is 4.90 Å². The molecule has 0 heterocycles. The third-order valence-electron chi connectivity index (χ3n) is 14.0. The Morgan fingerprint density at radius 2 is 1.05 bits per heavy atom. The van der Waals surface area contributed by atoms with E-state index in [-0.39, 0.29) is 10.8 Å². The molecule has 282 valence electrons. The lowest BCUT2D eigenvalue weighted by Crippen LogP contribution is -2.34. The summed E-state index contributed by atoms with van der Waals surface area (Å²) >= 11 is 0. The zero-order valence-electron chi connectivity index (χ0n) is 34.2. The minimum Gasteiger partial charge on any atom is -0.310 e. The largest absolute Gasteiger partial charge is 0.310 e. The van der Waals surface area contributed by atoms with Gasteiger partial charge in [-0.05, 0) is 159 Å². The summed E-state index contributed by atoms with van der Waals surface area (Å²) in [5.74, 6) is 0. The van der Waals surface area contributed by atoms with E-state index in [1.165, 1.54) is 121 Å². The molecule has 0 bridgehead atoms. The Morgan fingerprint density at radius 1 is 0.439 bits per heavy atom. The lowest BCUT2D eigenvalue weighted by molar-refractivity contribution is 0.330. The first-order chi connectivity index (χ1) is 27.7. The van der Waals surface area contributed by atoms with Gasteiger partial charge >= 0.3 is 0 Å². The average Bonchev–Trinajstić information content (AvgIpc) is 3.53. The number of fused-ring (bicyclic) bond motifs is 5. The number of hydrogen-bond donors (Lipinski definition) is 0. The fourth-order valence-corrected chi connectivity index (χ4v) is 11.1. The van der Waals surface area contributed by atoms with E-state index in [4.69, 9.17) is 0 Å². The molecule has 0 atom stereocenters. The second-order valence-electron chi connectivity index (χ2n) is 18.2. The smallest absolute Gasteiger partial charge is 0.0714 e. The van der Waals surface area contributed by atoms with Gasteiger partial charge in [-0.15, -0.1) is 0 Å². The molecular formula is C56H53N. The Balaban J connectivity index is 1.35. The van der Waals surface area contributed by atoms with E-state index in [1.54, 1.807) is 0 Å². The van der Waals surface area contributed by atoms with Gasteiger partial charge in [-0.1, -0.05) is 149 Å². The van der Waals surface area contributed by atoms with Crippen LogP contribution in [0.3, 0.4) is 0 Å². The number of rotatable bonds is 6. The highest BCUT2D eigenvalue weighted by molar-refractivity contribution is 5.97. The molecule has 1 heteroatoms. The quantitative estimate of drug-likeness (QED) is 0.164. The van der Waals surface area contributed by atoms with E-state index in [1.807, 2.05) is 0 Å². The second kappa shape index (κ2) is 13.5. The van der Waals surface area contributed by atoms with Crippen LogP contribution in [0.5, 0.6) is 0 Å². The van der Waals surface area contributed by atoms with Gasteiger partial charge in [0.25, 0.3) is 0 Å². The summed E-state index contributed by atoms with van der Waals surface area (Å²) in [7, 11) is 0. The summed E-state index contributed by atoms with van der Waals surface area (Å²) < 4.78 is 0. The third kappa shape index (κ3) is 5.57. The van der Waals surface area contributed by atoms with Crippen LogP contribution in [0, 0.1) is 6.92 Å². The number of hydrogen-bond acceptors (Lipinski definition) is 1. The molecule has 0 aliphatic heterocycles. The standard InChI is InChI=1S/C56H53N/c1-38-45(31-32-50-53(38)55(4,5)34-33-54(50,2)3)48-36-47-46-27-17-18-28-49(46)56(41-21-9-6-10-22-41,42-23-11-7-12-24-42)51(47)37-52(48)57(43-25-13-8-14-26-43)44-30-29-39-19-15-16-20-40(39)35-44/h6-14,17-18,21-32,35-37H,15-16,19-20,33-34H2,1-5H3. The molecule has 3 aliphatic rings. The van der Waals surface area contributed by atoms with Gasteiger partial charge in [0.15, 0.2) is 0 Å². The molecule has 0 saturated heterocycles. The SMILES string of the molecule is Cc1c(-c2cc3c(cc2N(c2ccccc2)c2ccc4c(c2)CCCC4)C(c2ccccc2)(c2ccccc2)c2ccccc2-3)ccc2c1C(C)(C)CCC2(C)C. The predicted molar refractivity (Wildman–Crippen MR) is 241 cm³/mol. The molecule has 0 aromatic heterocycles. The highest BCUT2D eigenvalue weighted by Crippen LogP contribution is 2.59. The van der Waals surface area contributed by atoms with E-state index in [0.717, 1.165) is 6.42 Å². The molecule has 57 heavy (non-hydrogen) atoms. The molecular weight excluding hydrogens is 687 g/mol. The lowest BCUT2D eigenvalue weighted by atomic mass is 9.61. The van der Waals surface area contributed by atoms with Crippen LogP contribution in [0.15, 0.2) is 158 Å². The molecule has 0 N–H and O–H groups in total. The van der Waals surface area contributed by atoms with Crippen LogP contribution in [-0.2, 0) is 29.1 Å². The van der Waals surface area contributed by atoms with Crippen LogP contribution in [0.4, 0.5) is 17.1 Å². The van der Waals surface area contributed by atoms with Crippen molar-refractivity contribution in [3.63, 3.8) is 0 Å². The number of benzene rings is 7. The topological polar surface area (TPSA) is 3.24 Å². The van der Waals surface area contributed by atoms with Crippen LogP contribution in [0.2, 0.25) is 0 Å². The molecule has 0 fully saturated rings. The average molecular weight is 740 g/mol. The van der Waals surface area contributed by atoms with Crippen molar-refractivity contribution in [2.24, 2.45) is 0 Å². The fraction of sp³-hybridized carbons (Fsp3) is 0.250. The van der Waals surface area contributed by atoms with Gasteiger partial charge in [0.2, 0.25) is 0 Å². The molecule has 0 saturated carbocycles. The van der Waals surface area contributed by atoms with E-state index in [9.17, 15) is 0 Å². The monoisotopic (exact) mass is 739 g/mol. The minimum absolute atomic E-state index is 0.0851. The Hall–Kier alpha value is -5.66. The minimum atomic E-state index is -0.503.